The third-order valence-corrected chi connectivity index (χ3v) is 4.64. The molecule has 1 saturated heterocycles. The molecule has 24 heavy (non-hydrogen) atoms. The molecule has 0 radical (unpaired) electrons. The number of carbonyl (C=O) groups is 1. The highest BCUT2D eigenvalue weighted by Crippen LogP contribution is 2.32. The van der Waals surface area contributed by atoms with E-state index in [1.54, 1.807) is 7.11 Å². The van der Waals surface area contributed by atoms with Gasteiger partial charge >= 0.3 is 0 Å². The molecule has 0 aliphatic carbocycles. The number of carbonyl (C=O) groups excluding carboxylic acids is 1. The van der Waals surface area contributed by atoms with Crippen molar-refractivity contribution in [3.8, 4) is 5.75 Å². The summed E-state index contributed by atoms with van der Waals surface area (Å²) >= 11 is 6.13. The summed E-state index contributed by atoms with van der Waals surface area (Å²) in [6, 6.07) is 5.56. The molecule has 0 aromatic heterocycles. The lowest BCUT2D eigenvalue weighted by molar-refractivity contribution is -0.126. The number of methoxy groups -OCH3 is 1. The minimum atomic E-state index is -0.104. The number of halogens is 1. The molecule has 1 atom stereocenters. The van der Waals surface area contributed by atoms with E-state index >= 15 is 0 Å². The molecule has 0 unspecified atom stereocenters. The van der Waals surface area contributed by atoms with Crippen molar-refractivity contribution in [3.05, 3.63) is 23.2 Å². The lowest BCUT2D eigenvalue weighted by Crippen LogP contribution is -2.54. The van der Waals surface area contributed by atoms with Crippen molar-refractivity contribution in [2.45, 2.75) is 26.8 Å². The molecule has 1 aliphatic rings. The van der Waals surface area contributed by atoms with E-state index in [1.165, 1.54) is 0 Å². The van der Waals surface area contributed by atoms with Crippen LogP contribution in [0.3, 0.4) is 0 Å². The molecule has 1 aromatic carbocycles. The van der Waals surface area contributed by atoms with Crippen LogP contribution in [-0.2, 0) is 4.79 Å². The third kappa shape index (κ3) is 4.77. The quantitative estimate of drug-likeness (QED) is 0.854. The third-order valence-electron chi connectivity index (χ3n) is 4.41. The number of rotatable bonds is 6. The molecule has 0 saturated carbocycles. The molecular formula is C18H28ClN3O2. The van der Waals surface area contributed by atoms with Crippen LogP contribution in [0.1, 0.15) is 20.8 Å². The van der Waals surface area contributed by atoms with Crippen molar-refractivity contribution >= 4 is 23.2 Å². The maximum Gasteiger partial charge on any atom is 0.237 e. The number of nitrogens with one attached hydrogen (secondary N) is 1. The van der Waals surface area contributed by atoms with E-state index in [0.717, 1.165) is 44.2 Å². The van der Waals surface area contributed by atoms with Gasteiger partial charge in [0.1, 0.15) is 5.75 Å². The second-order valence-corrected chi connectivity index (χ2v) is 7.09. The SMILES string of the molecule is COc1ccc(Cl)cc1N1CCN([C@H](C)C(=O)NCC(C)C)CC1. The summed E-state index contributed by atoms with van der Waals surface area (Å²) < 4.78 is 5.44. The lowest BCUT2D eigenvalue weighted by Gasteiger charge is -2.39. The first kappa shape index (κ1) is 18.9. The van der Waals surface area contributed by atoms with Crippen LogP contribution >= 0.6 is 11.6 Å². The Balaban J connectivity index is 1.94. The van der Waals surface area contributed by atoms with Gasteiger partial charge in [-0.1, -0.05) is 25.4 Å². The number of piperazine rings is 1. The fraction of sp³-hybridized carbons (Fsp3) is 0.611. The maximum absolute atomic E-state index is 12.2. The van der Waals surface area contributed by atoms with Crippen molar-refractivity contribution in [1.29, 1.82) is 0 Å². The van der Waals surface area contributed by atoms with Crippen molar-refractivity contribution in [3.63, 3.8) is 0 Å². The molecule has 134 valence electrons. The topological polar surface area (TPSA) is 44.8 Å². The number of hydrogen-bond acceptors (Lipinski definition) is 4. The zero-order valence-electron chi connectivity index (χ0n) is 15.0. The van der Waals surface area contributed by atoms with E-state index < -0.39 is 0 Å². The number of nitrogens with zero attached hydrogens (tertiary/aromatic N) is 2. The Kier molecular flexibility index (Phi) is 6.75. The van der Waals surface area contributed by atoms with Crippen LogP contribution in [0.4, 0.5) is 5.69 Å². The van der Waals surface area contributed by atoms with Crippen LogP contribution in [0.25, 0.3) is 0 Å². The number of hydrogen-bond donors (Lipinski definition) is 1. The Labute approximate surface area is 149 Å². The second-order valence-electron chi connectivity index (χ2n) is 6.65. The average molecular weight is 354 g/mol. The van der Waals surface area contributed by atoms with Crippen molar-refractivity contribution < 1.29 is 9.53 Å². The van der Waals surface area contributed by atoms with Gasteiger partial charge in [0.25, 0.3) is 0 Å². The molecule has 2 rings (SSSR count). The van der Waals surface area contributed by atoms with Gasteiger partial charge in [0.15, 0.2) is 0 Å². The smallest absolute Gasteiger partial charge is 0.237 e. The maximum atomic E-state index is 12.2. The zero-order valence-corrected chi connectivity index (χ0v) is 15.8. The molecule has 1 amide bonds. The van der Waals surface area contributed by atoms with E-state index in [4.69, 9.17) is 16.3 Å². The molecule has 1 heterocycles. The van der Waals surface area contributed by atoms with E-state index in [1.807, 2.05) is 25.1 Å². The van der Waals surface area contributed by atoms with Crippen LogP contribution < -0.4 is 15.0 Å². The minimum Gasteiger partial charge on any atom is -0.495 e. The van der Waals surface area contributed by atoms with Crippen LogP contribution in [-0.4, -0.2) is 56.7 Å². The van der Waals surface area contributed by atoms with Crippen molar-refractivity contribution in [2.24, 2.45) is 5.92 Å². The van der Waals surface area contributed by atoms with Gasteiger partial charge < -0.3 is 15.0 Å². The number of anilines is 1. The molecule has 1 N–H and O–H groups in total. The molecule has 0 spiro atoms. The van der Waals surface area contributed by atoms with Gasteiger partial charge in [-0.05, 0) is 31.0 Å². The molecule has 0 bridgehead atoms. The van der Waals surface area contributed by atoms with Gasteiger partial charge in [-0.3, -0.25) is 9.69 Å². The van der Waals surface area contributed by atoms with E-state index in [-0.39, 0.29) is 11.9 Å². The summed E-state index contributed by atoms with van der Waals surface area (Å²) in [6.45, 7) is 10.3. The molecule has 6 heteroatoms. The first-order chi connectivity index (χ1) is 11.4. The standard InChI is InChI=1S/C18H28ClN3O2/c1-13(2)12-20-18(23)14(3)21-7-9-22(10-8-21)16-11-15(19)5-6-17(16)24-4/h5-6,11,13-14H,7-10,12H2,1-4H3,(H,20,23)/t14-/m1/s1. The summed E-state index contributed by atoms with van der Waals surface area (Å²) in [7, 11) is 1.67. The highest BCUT2D eigenvalue weighted by Gasteiger charge is 2.26. The highest BCUT2D eigenvalue weighted by atomic mass is 35.5. The largest absolute Gasteiger partial charge is 0.495 e. The Bertz CT molecular complexity index is 557. The first-order valence-corrected chi connectivity index (χ1v) is 8.90. The van der Waals surface area contributed by atoms with Crippen molar-refractivity contribution in [1.82, 2.24) is 10.2 Å². The summed E-state index contributed by atoms with van der Waals surface area (Å²) in [5.74, 6) is 1.40. The number of ether oxygens (including phenoxy) is 1. The van der Waals surface area contributed by atoms with E-state index in [9.17, 15) is 4.79 Å². The summed E-state index contributed by atoms with van der Waals surface area (Å²) in [5.41, 5.74) is 1.02. The fourth-order valence-corrected chi connectivity index (χ4v) is 3.04. The monoisotopic (exact) mass is 353 g/mol. The Morgan fingerprint density at radius 3 is 2.50 bits per heavy atom. The first-order valence-electron chi connectivity index (χ1n) is 8.52. The molecular weight excluding hydrogens is 326 g/mol. The van der Waals surface area contributed by atoms with Crippen LogP contribution in [0, 0.1) is 5.92 Å². The minimum absolute atomic E-state index is 0.104. The van der Waals surface area contributed by atoms with Gasteiger partial charge in [-0.2, -0.15) is 0 Å². The molecule has 1 aliphatic heterocycles. The van der Waals surface area contributed by atoms with Gasteiger partial charge in [0.05, 0.1) is 18.8 Å². The Hall–Kier alpha value is -1.46. The van der Waals surface area contributed by atoms with Crippen LogP contribution in [0.5, 0.6) is 5.75 Å². The second kappa shape index (κ2) is 8.58. The fourth-order valence-electron chi connectivity index (χ4n) is 2.88. The van der Waals surface area contributed by atoms with Gasteiger partial charge in [0, 0.05) is 37.7 Å². The normalized spacial score (nSPS) is 17.0. The predicted molar refractivity (Wildman–Crippen MR) is 99.1 cm³/mol. The number of amides is 1. The number of benzene rings is 1. The van der Waals surface area contributed by atoms with E-state index in [2.05, 4.69) is 29.0 Å². The van der Waals surface area contributed by atoms with Crippen molar-refractivity contribution in [2.75, 3.05) is 44.7 Å². The lowest BCUT2D eigenvalue weighted by atomic mass is 10.1. The summed E-state index contributed by atoms with van der Waals surface area (Å²) in [4.78, 5) is 16.7. The molecule has 5 nitrogen and oxygen atoms in total. The van der Waals surface area contributed by atoms with Gasteiger partial charge in [0.2, 0.25) is 5.91 Å². The Morgan fingerprint density at radius 2 is 1.92 bits per heavy atom. The van der Waals surface area contributed by atoms with Gasteiger partial charge in [-0.15, -0.1) is 0 Å². The summed E-state index contributed by atoms with van der Waals surface area (Å²) in [6.07, 6.45) is 0. The van der Waals surface area contributed by atoms with Gasteiger partial charge in [-0.25, -0.2) is 0 Å². The zero-order chi connectivity index (χ0) is 17.7. The average Bonchev–Trinajstić information content (AvgIpc) is 2.59. The van der Waals surface area contributed by atoms with E-state index in [0.29, 0.717) is 10.9 Å². The summed E-state index contributed by atoms with van der Waals surface area (Å²) in [5, 5.41) is 3.72. The molecule has 1 fully saturated rings. The van der Waals surface area contributed by atoms with Crippen LogP contribution in [0.2, 0.25) is 5.02 Å². The highest BCUT2D eigenvalue weighted by molar-refractivity contribution is 6.30. The predicted octanol–water partition coefficient (Wildman–Crippen LogP) is 2.63. The van der Waals surface area contributed by atoms with Crippen LogP contribution in [0.15, 0.2) is 18.2 Å². The Morgan fingerprint density at radius 1 is 1.25 bits per heavy atom. The molecule has 1 aromatic rings.